The van der Waals surface area contributed by atoms with Gasteiger partial charge in [-0.05, 0) is 118 Å². The number of carbonyl (C=O) groups excluding carboxylic acids is 2. The summed E-state index contributed by atoms with van der Waals surface area (Å²) in [4.78, 5) is 47.3. The molecule has 8 heterocycles. The van der Waals surface area contributed by atoms with E-state index in [1.165, 1.54) is 0 Å². The van der Waals surface area contributed by atoms with E-state index < -0.39 is 17.3 Å². The van der Waals surface area contributed by atoms with Crippen LogP contribution in [0.2, 0.25) is 0 Å². The lowest BCUT2D eigenvalue weighted by Crippen LogP contribution is -2.55. The van der Waals surface area contributed by atoms with E-state index in [-0.39, 0.29) is 29.9 Å². The molecule has 3 atom stereocenters. The Labute approximate surface area is 335 Å². The first-order valence-electron chi connectivity index (χ1n) is 20.8. The van der Waals surface area contributed by atoms with Crippen LogP contribution < -0.4 is 15.1 Å². The predicted molar refractivity (Wildman–Crippen MR) is 217 cm³/mol. The van der Waals surface area contributed by atoms with Gasteiger partial charge in [-0.1, -0.05) is 6.08 Å². The number of fused-ring (bicyclic) bond motifs is 2. The van der Waals surface area contributed by atoms with Gasteiger partial charge in [0, 0.05) is 44.7 Å². The van der Waals surface area contributed by atoms with Crippen LogP contribution in [0.3, 0.4) is 0 Å². The van der Waals surface area contributed by atoms with Crippen molar-refractivity contribution in [1.82, 2.24) is 34.9 Å². The zero-order chi connectivity index (χ0) is 40.1. The van der Waals surface area contributed by atoms with Crippen LogP contribution in [0.5, 0.6) is 0 Å². The normalized spacial score (nSPS) is 24.0. The van der Waals surface area contributed by atoms with Crippen molar-refractivity contribution < 1.29 is 28.5 Å². The Morgan fingerprint density at radius 2 is 1.72 bits per heavy atom. The smallest absolute Gasteiger partial charge is 0.410 e. The fourth-order valence-corrected chi connectivity index (χ4v) is 8.90. The quantitative estimate of drug-likeness (QED) is 0.286. The number of aromatic nitrogens is 5. The number of piperidine rings is 1. The Balaban J connectivity index is 1.03. The molecule has 1 N–H and O–H groups in total. The summed E-state index contributed by atoms with van der Waals surface area (Å²) in [6, 6.07) is 4.11. The van der Waals surface area contributed by atoms with Crippen LogP contribution in [0.25, 0.3) is 16.7 Å². The van der Waals surface area contributed by atoms with Crippen LogP contribution in [0.15, 0.2) is 24.4 Å². The second kappa shape index (κ2) is 15.3. The molecule has 1 unspecified atom stereocenters. The van der Waals surface area contributed by atoms with E-state index in [1.54, 1.807) is 4.90 Å². The molecule has 1 spiro atoms. The third kappa shape index (κ3) is 8.27. The van der Waals surface area contributed by atoms with Gasteiger partial charge in [0.05, 0.1) is 42.0 Å². The lowest BCUT2D eigenvalue weighted by molar-refractivity contribution is -0.0368. The van der Waals surface area contributed by atoms with Gasteiger partial charge in [-0.25, -0.2) is 24.2 Å². The molecule has 5 aliphatic heterocycles. The molecular weight excluding hydrogens is 727 g/mol. The van der Waals surface area contributed by atoms with Gasteiger partial charge < -0.3 is 39.0 Å². The van der Waals surface area contributed by atoms with E-state index in [4.69, 9.17) is 39.0 Å². The minimum absolute atomic E-state index is 0.105. The second-order valence-electron chi connectivity index (χ2n) is 18.3. The topological polar surface area (TPSA) is 149 Å². The lowest BCUT2D eigenvalue weighted by atomic mass is 9.73. The number of hydrogen-bond acceptors (Lipinski definition) is 12. The van der Waals surface area contributed by atoms with Crippen LogP contribution in [0, 0.1) is 5.41 Å². The summed E-state index contributed by atoms with van der Waals surface area (Å²) in [5.74, 6) is 1.57. The number of nitrogens with zero attached hydrogens (tertiary/aromatic N) is 8. The van der Waals surface area contributed by atoms with Crippen molar-refractivity contribution in [3.05, 3.63) is 35.8 Å². The highest BCUT2D eigenvalue weighted by molar-refractivity contribution is 5.88. The molecule has 15 nitrogen and oxygen atoms in total. The average molecular weight is 786 g/mol. The fraction of sp³-hybridized carbons (Fsp3) is 0.667. The van der Waals surface area contributed by atoms with Gasteiger partial charge in [-0.15, -0.1) is 5.10 Å². The van der Waals surface area contributed by atoms with Crippen molar-refractivity contribution in [2.24, 2.45) is 5.41 Å². The van der Waals surface area contributed by atoms with E-state index >= 15 is 0 Å². The van der Waals surface area contributed by atoms with Crippen molar-refractivity contribution in [2.45, 2.75) is 129 Å². The Bertz CT molecular complexity index is 2000. The minimum atomic E-state index is -0.573. The number of rotatable bonds is 5. The van der Waals surface area contributed by atoms with E-state index in [0.717, 1.165) is 116 Å². The molecule has 308 valence electrons. The monoisotopic (exact) mass is 785 g/mol. The van der Waals surface area contributed by atoms with Gasteiger partial charge in [0.1, 0.15) is 17.0 Å². The first-order valence-corrected chi connectivity index (χ1v) is 20.8. The largest absolute Gasteiger partial charge is 0.444 e. The molecule has 3 aromatic rings. The molecule has 0 aromatic carbocycles. The maximum absolute atomic E-state index is 12.8. The zero-order valence-corrected chi connectivity index (χ0v) is 34.7. The number of hydrogen-bond donors (Lipinski definition) is 1. The summed E-state index contributed by atoms with van der Waals surface area (Å²) >= 11 is 0. The molecule has 0 saturated carbocycles. The summed E-state index contributed by atoms with van der Waals surface area (Å²) in [5, 5.41) is 8.38. The van der Waals surface area contributed by atoms with Crippen molar-refractivity contribution in [1.29, 1.82) is 0 Å². The zero-order valence-electron chi connectivity index (χ0n) is 34.7. The molecule has 5 aliphatic rings. The highest BCUT2D eigenvalue weighted by Crippen LogP contribution is 2.44. The molecule has 2 amide bonds. The van der Waals surface area contributed by atoms with Crippen molar-refractivity contribution in [2.75, 3.05) is 55.7 Å². The Morgan fingerprint density at radius 1 is 0.930 bits per heavy atom. The first-order chi connectivity index (χ1) is 27.2. The van der Waals surface area contributed by atoms with Gasteiger partial charge in [0.2, 0.25) is 0 Å². The molecular formula is C42H59N9O6. The SMILES string of the molecule is C[C@@H]1OCC2(CCN(c3cnc4c(N5CCCc6nc(C7=CCN(C(=O)OC(C)(C)C)CC7)ccc65)nn(C5CCCCO5)c4n3)CC2)[C@@H]1NC(=O)OC(C)(C)C. The summed E-state index contributed by atoms with van der Waals surface area (Å²) < 4.78 is 25.6. The second-order valence-corrected chi connectivity index (χ2v) is 18.3. The minimum Gasteiger partial charge on any atom is -0.444 e. The Hall–Kier alpha value is -4.50. The van der Waals surface area contributed by atoms with Gasteiger partial charge in [-0.2, -0.15) is 0 Å². The number of anilines is 3. The number of alkyl carbamates (subject to hydrolysis) is 1. The molecule has 0 bridgehead atoms. The van der Waals surface area contributed by atoms with Crippen molar-refractivity contribution in [3.8, 4) is 0 Å². The van der Waals surface area contributed by atoms with Crippen molar-refractivity contribution in [3.63, 3.8) is 0 Å². The molecule has 0 aliphatic carbocycles. The molecule has 3 saturated heterocycles. The van der Waals surface area contributed by atoms with E-state index in [0.29, 0.717) is 26.3 Å². The summed E-state index contributed by atoms with van der Waals surface area (Å²) in [6.45, 7) is 18.0. The number of carbonyl (C=O) groups is 2. The van der Waals surface area contributed by atoms with Crippen LogP contribution in [0.4, 0.5) is 26.9 Å². The lowest BCUT2D eigenvalue weighted by Gasteiger charge is -2.42. The Kier molecular flexibility index (Phi) is 10.6. The maximum atomic E-state index is 12.8. The van der Waals surface area contributed by atoms with Crippen LogP contribution in [0.1, 0.15) is 111 Å². The highest BCUT2D eigenvalue weighted by atomic mass is 16.6. The van der Waals surface area contributed by atoms with Gasteiger partial charge in [0.25, 0.3) is 0 Å². The summed E-state index contributed by atoms with van der Waals surface area (Å²) in [5.41, 5.74) is 4.34. The van der Waals surface area contributed by atoms with E-state index in [1.807, 2.05) is 59.3 Å². The molecule has 0 radical (unpaired) electrons. The van der Waals surface area contributed by atoms with Crippen LogP contribution in [-0.4, -0.2) is 111 Å². The molecule has 8 rings (SSSR count). The number of amides is 2. The molecule has 15 heteroatoms. The molecule has 3 aromatic heterocycles. The number of aryl methyl sites for hydroxylation is 1. The third-order valence-corrected chi connectivity index (χ3v) is 11.8. The fourth-order valence-electron chi connectivity index (χ4n) is 8.90. The van der Waals surface area contributed by atoms with Gasteiger partial charge in [0.15, 0.2) is 23.2 Å². The first kappa shape index (κ1) is 39.3. The third-order valence-electron chi connectivity index (χ3n) is 11.8. The molecule has 57 heavy (non-hydrogen) atoms. The predicted octanol–water partition coefficient (Wildman–Crippen LogP) is 6.93. The van der Waals surface area contributed by atoms with Crippen LogP contribution in [-0.2, 0) is 25.4 Å². The highest BCUT2D eigenvalue weighted by Gasteiger charge is 2.50. The molecule has 3 fully saturated rings. The number of nitrogens with one attached hydrogen (secondary N) is 1. The van der Waals surface area contributed by atoms with Gasteiger partial charge >= 0.3 is 12.2 Å². The summed E-state index contributed by atoms with van der Waals surface area (Å²) in [7, 11) is 0. The van der Waals surface area contributed by atoms with E-state index in [2.05, 4.69) is 33.3 Å². The number of pyridine rings is 1. The van der Waals surface area contributed by atoms with Gasteiger partial charge in [-0.3, -0.25) is 4.98 Å². The maximum Gasteiger partial charge on any atom is 0.410 e. The standard InChI is InChI=1S/C42H59N9O6/c1-27-35(46-38(52)56-40(2,3)4)42(26-55-27)17-22-48(23-18-42)32-25-43-34-36(45-32)51(33-12-8-9-24-54-33)47-37(34)50-19-10-11-30-31(50)14-13-29(44-30)28-15-20-49(21-16-28)39(53)57-41(5,6)7/h13-15,25,27,33,35H,8-12,16-24,26H2,1-7H3,(H,46,52)/t27-,33?,35+/m0/s1. The van der Waals surface area contributed by atoms with E-state index in [9.17, 15) is 9.59 Å². The van der Waals surface area contributed by atoms with Crippen molar-refractivity contribution >= 4 is 46.2 Å². The average Bonchev–Trinajstić information content (AvgIpc) is 3.70. The Morgan fingerprint density at radius 3 is 2.42 bits per heavy atom. The van der Waals surface area contributed by atoms with Crippen LogP contribution >= 0.6 is 0 Å². The summed E-state index contributed by atoms with van der Waals surface area (Å²) in [6.07, 6.45) is 10.1. The number of ether oxygens (including phenoxy) is 4.